The zero-order valence-electron chi connectivity index (χ0n) is 11.9. The Kier molecular flexibility index (Phi) is 5.40. The number of carbonyl (C=O) groups is 1. The zero-order valence-corrected chi connectivity index (χ0v) is 12.7. The van der Waals surface area contributed by atoms with Crippen LogP contribution in [-0.4, -0.2) is 20.2 Å². The highest BCUT2D eigenvalue weighted by molar-refractivity contribution is 7.11. The Morgan fingerprint density at radius 1 is 1.19 bits per heavy atom. The summed E-state index contributed by atoms with van der Waals surface area (Å²) in [6.07, 6.45) is 1.39. The van der Waals surface area contributed by atoms with Gasteiger partial charge in [-0.2, -0.15) is 0 Å². The summed E-state index contributed by atoms with van der Waals surface area (Å²) in [6, 6.07) is 11.5. The molecule has 0 amide bonds. The van der Waals surface area contributed by atoms with E-state index in [2.05, 4.69) is 0 Å². The van der Waals surface area contributed by atoms with Crippen molar-refractivity contribution < 1.29 is 19.0 Å². The summed E-state index contributed by atoms with van der Waals surface area (Å²) in [6.45, 7) is 0.376. The van der Waals surface area contributed by atoms with E-state index in [1.807, 2.05) is 41.8 Å². The molecule has 0 radical (unpaired) electrons. The molecule has 0 N–H and O–H groups in total. The SMILES string of the molecule is CO/C=C(/C(=O)OC)c1sccc1COc1ccccc1. The highest BCUT2D eigenvalue weighted by Gasteiger charge is 2.18. The van der Waals surface area contributed by atoms with Crippen LogP contribution in [0.15, 0.2) is 48.0 Å². The minimum absolute atomic E-state index is 0.376. The quantitative estimate of drug-likeness (QED) is 0.465. The molecule has 0 atom stereocenters. The van der Waals surface area contributed by atoms with E-state index in [0.29, 0.717) is 12.2 Å². The van der Waals surface area contributed by atoms with Gasteiger partial charge in [-0.3, -0.25) is 0 Å². The summed E-state index contributed by atoms with van der Waals surface area (Å²) < 4.78 is 15.5. The van der Waals surface area contributed by atoms with Crippen molar-refractivity contribution in [2.45, 2.75) is 6.61 Å². The van der Waals surface area contributed by atoms with Crippen LogP contribution in [0.3, 0.4) is 0 Å². The lowest BCUT2D eigenvalue weighted by Gasteiger charge is -2.08. The van der Waals surface area contributed by atoms with Gasteiger partial charge in [-0.05, 0) is 23.6 Å². The van der Waals surface area contributed by atoms with Gasteiger partial charge in [-0.15, -0.1) is 11.3 Å². The Labute approximate surface area is 127 Å². The summed E-state index contributed by atoms with van der Waals surface area (Å²) in [5.41, 5.74) is 1.30. The topological polar surface area (TPSA) is 44.8 Å². The molecule has 0 fully saturated rings. The van der Waals surface area contributed by atoms with Crippen LogP contribution in [0.4, 0.5) is 0 Å². The van der Waals surface area contributed by atoms with E-state index in [-0.39, 0.29) is 0 Å². The minimum Gasteiger partial charge on any atom is -0.503 e. The molecule has 0 bridgehead atoms. The molecule has 5 heteroatoms. The van der Waals surface area contributed by atoms with Crippen LogP contribution < -0.4 is 4.74 Å². The molecule has 21 heavy (non-hydrogen) atoms. The predicted octanol–water partition coefficient (Wildman–Crippen LogP) is 3.49. The van der Waals surface area contributed by atoms with Crippen molar-refractivity contribution >= 4 is 22.9 Å². The molecule has 0 aliphatic carbocycles. The largest absolute Gasteiger partial charge is 0.503 e. The average molecular weight is 304 g/mol. The molecular formula is C16H16O4S. The monoisotopic (exact) mass is 304 g/mol. The standard InChI is InChI=1S/C16H16O4S/c1-18-11-14(16(17)19-2)15-12(8-9-21-15)10-20-13-6-4-3-5-7-13/h3-9,11H,10H2,1-2H3/b14-11+. The molecule has 1 aromatic heterocycles. The first-order valence-electron chi connectivity index (χ1n) is 6.32. The van der Waals surface area contributed by atoms with E-state index in [1.54, 1.807) is 0 Å². The van der Waals surface area contributed by atoms with Gasteiger partial charge >= 0.3 is 5.97 Å². The van der Waals surface area contributed by atoms with Gasteiger partial charge in [0.1, 0.15) is 17.9 Å². The number of carbonyl (C=O) groups excluding carboxylic acids is 1. The first-order valence-corrected chi connectivity index (χ1v) is 7.20. The molecule has 2 rings (SSSR count). The van der Waals surface area contributed by atoms with Crippen molar-refractivity contribution in [3.8, 4) is 5.75 Å². The molecule has 1 aromatic carbocycles. The lowest BCUT2D eigenvalue weighted by molar-refractivity contribution is -0.133. The van der Waals surface area contributed by atoms with Crippen LogP contribution in [0.1, 0.15) is 10.4 Å². The molecule has 110 valence electrons. The van der Waals surface area contributed by atoms with Crippen molar-refractivity contribution in [1.82, 2.24) is 0 Å². The minimum atomic E-state index is -0.430. The molecule has 2 aromatic rings. The first kappa shape index (κ1) is 15.1. The van der Waals surface area contributed by atoms with E-state index in [9.17, 15) is 4.79 Å². The third-order valence-electron chi connectivity index (χ3n) is 2.77. The molecule has 0 unspecified atom stereocenters. The molecule has 0 saturated heterocycles. The summed E-state index contributed by atoms with van der Waals surface area (Å²) in [7, 11) is 2.84. The molecule has 1 heterocycles. The van der Waals surface area contributed by atoms with Crippen LogP contribution in [-0.2, 0) is 20.9 Å². The van der Waals surface area contributed by atoms with Crippen molar-refractivity contribution in [3.05, 3.63) is 58.5 Å². The van der Waals surface area contributed by atoms with E-state index in [4.69, 9.17) is 14.2 Å². The van der Waals surface area contributed by atoms with Crippen LogP contribution in [0.2, 0.25) is 0 Å². The van der Waals surface area contributed by atoms with Crippen LogP contribution in [0.5, 0.6) is 5.75 Å². The smallest absolute Gasteiger partial charge is 0.342 e. The van der Waals surface area contributed by atoms with Gasteiger partial charge in [0, 0.05) is 5.56 Å². The fourth-order valence-electron chi connectivity index (χ4n) is 1.79. The lowest BCUT2D eigenvalue weighted by Crippen LogP contribution is -2.06. The number of methoxy groups -OCH3 is 2. The second kappa shape index (κ2) is 7.50. The number of hydrogen-bond acceptors (Lipinski definition) is 5. The van der Waals surface area contributed by atoms with Crippen molar-refractivity contribution in [2.24, 2.45) is 0 Å². The molecule has 0 aliphatic heterocycles. The second-order valence-electron chi connectivity index (χ2n) is 4.14. The number of hydrogen-bond donors (Lipinski definition) is 0. The predicted molar refractivity (Wildman–Crippen MR) is 82.1 cm³/mol. The molecule has 0 saturated carbocycles. The highest BCUT2D eigenvalue weighted by atomic mass is 32.1. The van der Waals surface area contributed by atoms with Gasteiger partial charge < -0.3 is 14.2 Å². The maximum Gasteiger partial charge on any atom is 0.342 e. The van der Waals surface area contributed by atoms with Crippen molar-refractivity contribution in [2.75, 3.05) is 14.2 Å². The Bertz CT molecular complexity index is 616. The van der Waals surface area contributed by atoms with Crippen molar-refractivity contribution in [1.29, 1.82) is 0 Å². The van der Waals surface area contributed by atoms with E-state index in [0.717, 1.165) is 16.2 Å². The molecule has 0 spiro atoms. The van der Waals surface area contributed by atoms with E-state index >= 15 is 0 Å². The van der Waals surface area contributed by atoms with Crippen molar-refractivity contribution in [3.63, 3.8) is 0 Å². The number of para-hydroxylation sites is 1. The van der Waals surface area contributed by atoms with E-state index < -0.39 is 5.97 Å². The molecular weight excluding hydrogens is 288 g/mol. The first-order chi connectivity index (χ1) is 10.3. The summed E-state index contributed by atoms with van der Waals surface area (Å²) >= 11 is 1.45. The Balaban J connectivity index is 2.17. The summed E-state index contributed by atoms with van der Waals surface area (Å²) in [5, 5.41) is 1.91. The van der Waals surface area contributed by atoms with Gasteiger partial charge in [0.05, 0.1) is 25.4 Å². The average Bonchev–Trinajstić information content (AvgIpc) is 2.99. The normalized spacial score (nSPS) is 11.0. The number of rotatable bonds is 6. The third kappa shape index (κ3) is 3.86. The van der Waals surface area contributed by atoms with Gasteiger partial charge in [0.15, 0.2) is 0 Å². The maximum atomic E-state index is 11.8. The van der Waals surface area contributed by atoms with Crippen LogP contribution >= 0.6 is 11.3 Å². The van der Waals surface area contributed by atoms with Gasteiger partial charge in [-0.25, -0.2) is 4.79 Å². The number of benzene rings is 1. The van der Waals surface area contributed by atoms with Crippen LogP contribution in [0.25, 0.3) is 5.57 Å². The fourth-order valence-corrected chi connectivity index (χ4v) is 2.69. The third-order valence-corrected chi connectivity index (χ3v) is 3.76. The maximum absolute atomic E-state index is 11.8. The van der Waals surface area contributed by atoms with Gasteiger partial charge in [-0.1, -0.05) is 18.2 Å². The second-order valence-corrected chi connectivity index (χ2v) is 5.05. The van der Waals surface area contributed by atoms with Crippen LogP contribution in [0, 0.1) is 0 Å². The lowest BCUT2D eigenvalue weighted by atomic mass is 10.1. The Morgan fingerprint density at radius 3 is 2.62 bits per heavy atom. The Morgan fingerprint density at radius 2 is 1.95 bits per heavy atom. The highest BCUT2D eigenvalue weighted by Crippen LogP contribution is 2.27. The molecule has 0 aliphatic rings. The zero-order chi connectivity index (χ0) is 15.1. The number of thiophene rings is 1. The fraction of sp³-hybridized carbons (Fsp3) is 0.188. The van der Waals surface area contributed by atoms with E-state index in [1.165, 1.54) is 31.8 Å². The molecule has 4 nitrogen and oxygen atoms in total. The van der Waals surface area contributed by atoms with Gasteiger partial charge in [0.25, 0.3) is 0 Å². The van der Waals surface area contributed by atoms with Gasteiger partial charge in [0.2, 0.25) is 0 Å². The summed E-state index contributed by atoms with van der Waals surface area (Å²) in [5.74, 6) is 0.352. The number of esters is 1. The Hall–Kier alpha value is -2.27. The summed E-state index contributed by atoms with van der Waals surface area (Å²) in [4.78, 5) is 12.6. The number of ether oxygens (including phenoxy) is 3.